The Bertz CT molecular complexity index is 1010. The van der Waals surface area contributed by atoms with E-state index in [9.17, 15) is 9.18 Å². The highest BCUT2D eigenvalue weighted by Crippen LogP contribution is 2.30. The van der Waals surface area contributed by atoms with Crippen LogP contribution in [-0.4, -0.2) is 63.2 Å². The van der Waals surface area contributed by atoms with Crippen LogP contribution in [0.4, 0.5) is 4.39 Å². The molecule has 2 fully saturated rings. The van der Waals surface area contributed by atoms with Crippen LogP contribution in [0.15, 0.2) is 41.8 Å². The number of amides is 1. The molecule has 0 atom stereocenters. The van der Waals surface area contributed by atoms with E-state index in [4.69, 9.17) is 0 Å². The summed E-state index contributed by atoms with van der Waals surface area (Å²) in [6.45, 7) is 4.31. The SMILES string of the molecule is O=C(c1nc(-c2cccs2)n(-c2cccc(F)c2)n1)N1CCN(CC2CC2)CC1. The summed E-state index contributed by atoms with van der Waals surface area (Å²) in [5, 5.41) is 6.42. The Kier molecular flexibility index (Phi) is 4.89. The topological polar surface area (TPSA) is 54.3 Å². The molecule has 29 heavy (non-hydrogen) atoms. The lowest BCUT2D eigenvalue weighted by Gasteiger charge is -2.34. The van der Waals surface area contributed by atoms with Crippen LogP contribution in [0.3, 0.4) is 0 Å². The van der Waals surface area contributed by atoms with Crippen molar-refractivity contribution < 1.29 is 9.18 Å². The average Bonchev–Trinajstić information content (AvgIpc) is 3.21. The van der Waals surface area contributed by atoms with Crippen LogP contribution in [0, 0.1) is 11.7 Å². The first kappa shape index (κ1) is 18.4. The zero-order valence-corrected chi connectivity index (χ0v) is 16.8. The molecule has 0 spiro atoms. The van der Waals surface area contributed by atoms with Gasteiger partial charge >= 0.3 is 0 Å². The number of benzene rings is 1. The van der Waals surface area contributed by atoms with Crippen LogP contribution in [0.25, 0.3) is 16.4 Å². The van der Waals surface area contributed by atoms with Crippen LogP contribution in [-0.2, 0) is 0 Å². The maximum Gasteiger partial charge on any atom is 0.293 e. The molecule has 3 heterocycles. The third-order valence-corrected chi connectivity index (χ3v) is 6.33. The highest BCUT2D eigenvalue weighted by Gasteiger charge is 2.30. The third-order valence-electron chi connectivity index (χ3n) is 5.47. The Morgan fingerprint density at radius 2 is 1.97 bits per heavy atom. The van der Waals surface area contributed by atoms with Crippen LogP contribution in [0.5, 0.6) is 0 Å². The van der Waals surface area contributed by atoms with Crippen molar-refractivity contribution in [3.63, 3.8) is 0 Å². The van der Waals surface area contributed by atoms with Gasteiger partial charge in [0.15, 0.2) is 5.82 Å². The highest BCUT2D eigenvalue weighted by molar-refractivity contribution is 7.13. The smallest absolute Gasteiger partial charge is 0.293 e. The summed E-state index contributed by atoms with van der Waals surface area (Å²) in [5.74, 6) is 1.06. The highest BCUT2D eigenvalue weighted by atomic mass is 32.1. The fraction of sp³-hybridized carbons (Fsp3) is 0.381. The Balaban J connectivity index is 1.40. The molecule has 3 aromatic rings. The Hall–Kier alpha value is -2.58. The summed E-state index contributed by atoms with van der Waals surface area (Å²) >= 11 is 1.51. The molecule has 0 bridgehead atoms. The number of aromatic nitrogens is 3. The zero-order chi connectivity index (χ0) is 19.8. The molecule has 1 saturated carbocycles. The van der Waals surface area contributed by atoms with Gasteiger partial charge in [0.1, 0.15) is 5.82 Å². The lowest BCUT2D eigenvalue weighted by molar-refractivity contribution is 0.0620. The van der Waals surface area contributed by atoms with E-state index in [0.717, 1.165) is 30.4 Å². The van der Waals surface area contributed by atoms with Crippen molar-refractivity contribution in [2.75, 3.05) is 32.7 Å². The Morgan fingerprint density at radius 1 is 1.14 bits per heavy atom. The molecule has 2 aromatic heterocycles. The molecule has 150 valence electrons. The van der Waals surface area contributed by atoms with Crippen LogP contribution >= 0.6 is 11.3 Å². The van der Waals surface area contributed by atoms with Crippen molar-refractivity contribution in [3.8, 4) is 16.4 Å². The van der Waals surface area contributed by atoms with E-state index in [0.29, 0.717) is 24.6 Å². The van der Waals surface area contributed by atoms with Gasteiger partial charge in [-0.2, -0.15) is 0 Å². The summed E-state index contributed by atoms with van der Waals surface area (Å²) < 4.78 is 15.3. The minimum Gasteiger partial charge on any atom is -0.333 e. The first-order valence-corrected chi connectivity index (χ1v) is 10.8. The van der Waals surface area contributed by atoms with Crippen LogP contribution in [0.2, 0.25) is 0 Å². The van der Waals surface area contributed by atoms with Gasteiger partial charge in [-0.05, 0) is 48.4 Å². The fourth-order valence-electron chi connectivity index (χ4n) is 3.70. The van der Waals surface area contributed by atoms with E-state index in [-0.39, 0.29) is 17.5 Å². The summed E-state index contributed by atoms with van der Waals surface area (Å²) in [4.78, 5) is 22.8. The maximum absolute atomic E-state index is 13.8. The second kappa shape index (κ2) is 7.68. The average molecular weight is 412 g/mol. The lowest BCUT2D eigenvalue weighted by atomic mass is 10.2. The molecule has 8 heteroatoms. The number of rotatable bonds is 5. The minimum absolute atomic E-state index is 0.160. The van der Waals surface area contributed by atoms with Gasteiger partial charge in [-0.25, -0.2) is 14.1 Å². The fourth-order valence-corrected chi connectivity index (χ4v) is 4.39. The van der Waals surface area contributed by atoms with E-state index in [2.05, 4.69) is 15.0 Å². The van der Waals surface area contributed by atoms with Crippen molar-refractivity contribution in [2.24, 2.45) is 5.92 Å². The molecule has 1 amide bonds. The van der Waals surface area contributed by atoms with Gasteiger partial charge in [-0.15, -0.1) is 16.4 Å². The van der Waals surface area contributed by atoms with Crippen molar-refractivity contribution in [1.82, 2.24) is 24.6 Å². The Labute approximate surface area is 172 Å². The van der Waals surface area contributed by atoms with E-state index >= 15 is 0 Å². The predicted molar refractivity (Wildman–Crippen MR) is 110 cm³/mol. The van der Waals surface area contributed by atoms with E-state index in [1.54, 1.807) is 16.8 Å². The molecular weight excluding hydrogens is 389 g/mol. The second-order valence-corrected chi connectivity index (χ2v) is 8.61. The van der Waals surface area contributed by atoms with E-state index in [1.807, 2.05) is 22.4 Å². The van der Waals surface area contributed by atoms with Gasteiger partial charge in [0.2, 0.25) is 5.82 Å². The van der Waals surface area contributed by atoms with Gasteiger partial charge in [0.05, 0.1) is 10.6 Å². The molecule has 1 aromatic carbocycles. The monoisotopic (exact) mass is 411 g/mol. The molecule has 5 rings (SSSR count). The normalized spacial score (nSPS) is 17.6. The first-order chi connectivity index (χ1) is 14.2. The summed E-state index contributed by atoms with van der Waals surface area (Å²) in [5.41, 5.74) is 0.550. The molecule has 2 aliphatic rings. The number of thiophene rings is 1. The molecule has 0 N–H and O–H groups in total. The number of halogens is 1. The van der Waals surface area contributed by atoms with Gasteiger partial charge in [-0.1, -0.05) is 12.1 Å². The van der Waals surface area contributed by atoms with Gasteiger partial charge in [-0.3, -0.25) is 9.69 Å². The minimum atomic E-state index is -0.352. The van der Waals surface area contributed by atoms with E-state index < -0.39 is 0 Å². The largest absolute Gasteiger partial charge is 0.333 e. The molecular formula is C21H22FN5OS. The van der Waals surface area contributed by atoms with Crippen LogP contribution < -0.4 is 0 Å². The summed E-state index contributed by atoms with van der Waals surface area (Å²) in [6.07, 6.45) is 2.68. The van der Waals surface area contributed by atoms with Gasteiger partial charge in [0.25, 0.3) is 5.91 Å². The Morgan fingerprint density at radius 3 is 2.66 bits per heavy atom. The molecule has 0 radical (unpaired) electrons. The van der Waals surface area contributed by atoms with Crippen molar-refractivity contribution >= 4 is 17.2 Å². The molecule has 1 aliphatic carbocycles. The van der Waals surface area contributed by atoms with Crippen molar-refractivity contribution in [2.45, 2.75) is 12.8 Å². The van der Waals surface area contributed by atoms with Crippen molar-refractivity contribution in [3.05, 3.63) is 53.4 Å². The predicted octanol–water partition coefficient (Wildman–Crippen LogP) is 3.30. The van der Waals surface area contributed by atoms with Gasteiger partial charge in [0, 0.05) is 32.7 Å². The third kappa shape index (κ3) is 3.95. The molecule has 6 nitrogen and oxygen atoms in total. The maximum atomic E-state index is 13.8. The van der Waals surface area contributed by atoms with Crippen molar-refractivity contribution in [1.29, 1.82) is 0 Å². The number of piperazine rings is 1. The standard InChI is InChI=1S/C21H22FN5OS/c22-16-3-1-4-17(13-16)27-20(18-5-2-12-29-18)23-19(24-27)21(28)26-10-8-25(9-11-26)14-15-6-7-15/h1-5,12-13,15H,6-11,14H2. The number of carbonyl (C=O) groups excluding carboxylic acids is 1. The zero-order valence-electron chi connectivity index (χ0n) is 16.0. The molecule has 1 saturated heterocycles. The number of hydrogen-bond donors (Lipinski definition) is 0. The molecule has 0 unspecified atom stereocenters. The first-order valence-electron chi connectivity index (χ1n) is 9.96. The number of carbonyl (C=O) groups is 1. The summed E-state index contributed by atoms with van der Waals surface area (Å²) in [6, 6.07) is 10.0. The molecule has 1 aliphatic heterocycles. The number of nitrogens with zero attached hydrogens (tertiary/aromatic N) is 5. The van der Waals surface area contributed by atoms with E-state index in [1.165, 1.54) is 36.3 Å². The summed E-state index contributed by atoms with van der Waals surface area (Å²) in [7, 11) is 0. The number of hydrogen-bond acceptors (Lipinski definition) is 5. The van der Waals surface area contributed by atoms with Gasteiger partial charge < -0.3 is 4.90 Å². The van der Waals surface area contributed by atoms with Crippen LogP contribution in [0.1, 0.15) is 23.5 Å². The quantitative estimate of drug-likeness (QED) is 0.647. The second-order valence-electron chi connectivity index (χ2n) is 7.66. The lowest BCUT2D eigenvalue weighted by Crippen LogP contribution is -2.49.